The third-order valence-electron chi connectivity index (χ3n) is 4.08. The lowest BCUT2D eigenvalue weighted by Crippen LogP contribution is -2.05. The number of carbonyl (C=O) groups is 1. The van der Waals surface area contributed by atoms with E-state index >= 15 is 0 Å². The Bertz CT molecular complexity index is 277. The van der Waals surface area contributed by atoms with Crippen LogP contribution in [0.2, 0.25) is 0 Å². The van der Waals surface area contributed by atoms with Crippen molar-refractivity contribution in [3.8, 4) is 0 Å². The third kappa shape index (κ3) is 19.1. The Morgan fingerprint density at radius 1 is 0.739 bits per heavy atom. The van der Waals surface area contributed by atoms with Gasteiger partial charge in [0.1, 0.15) is 0 Å². The maximum Gasteiger partial charge on any atom is 0.333 e. The zero-order valence-corrected chi connectivity index (χ0v) is 15.5. The Hall–Kier alpha value is -0.860. The summed E-state index contributed by atoms with van der Waals surface area (Å²) in [5.41, 5.74) is 0.491. The Morgan fingerprint density at radius 2 is 1.09 bits per heavy atom. The molecule has 0 N–H and O–H groups in total. The lowest BCUT2D eigenvalue weighted by molar-refractivity contribution is -0.139. The van der Waals surface area contributed by atoms with Crippen LogP contribution in [-0.2, 0) is 9.53 Å². The Kier molecular flexibility index (Phi) is 20.3. The number of hydrogen-bond acceptors (Lipinski definition) is 2. The van der Waals surface area contributed by atoms with Crippen molar-refractivity contribution in [2.75, 3.05) is 6.61 Å². The molecule has 0 fully saturated rings. The standard InChI is InChI=1S/C20H38O2.FH/c1-4-5-6-7-8-9-10-11-12-13-14-15-16-17-18-22-20(21)19(2)3;/h2,4-18H2,1,3H3;1H. The van der Waals surface area contributed by atoms with Crippen molar-refractivity contribution in [1.82, 2.24) is 0 Å². The van der Waals surface area contributed by atoms with Gasteiger partial charge >= 0.3 is 5.97 Å². The van der Waals surface area contributed by atoms with Gasteiger partial charge in [0.15, 0.2) is 0 Å². The van der Waals surface area contributed by atoms with E-state index in [2.05, 4.69) is 13.5 Å². The van der Waals surface area contributed by atoms with Crippen LogP contribution in [0.4, 0.5) is 4.70 Å². The van der Waals surface area contributed by atoms with Gasteiger partial charge in [0.05, 0.1) is 6.61 Å². The molecule has 0 atom stereocenters. The van der Waals surface area contributed by atoms with Gasteiger partial charge in [-0.3, -0.25) is 4.70 Å². The lowest BCUT2D eigenvalue weighted by Gasteiger charge is -2.04. The molecule has 0 saturated heterocycles. The first-order valence-corrected chi connectivity index (χ1v) is 9.51. The normalized spacial score (nSPS) is 10.2. The zero-order valence-electron chi connectivity index (χ0n) is 15.5. The second-order valence-electron chi connectivity index (χ2n) is 6.51. The van der Waals surface area contributed by atoms with Crippen LogP contribution in [0.5, 0.6) is 0 Å². The molecule has 2 nitrogen and oxygen atoms in total. The number of unbranched alkanes of at least 4 members (excludes halogenated alkanes) is 13. The molecule has 0 spiro atoms. The predicted octanol–water partition coefficient (Wildman–Crippen LogP) is 6.74. The monoisotopic (exact) mass is 330 g/mol. The Balaban J connectivity index is 0. The third-order valence-corrected chi connectivity index (χ3v) is 4.08. The molecule has 23 heavy (non-hydrogen) atoms. The van der Waals surface area contributed by atoms with Gasteiger partial charge in [-0.15, -0.1) is 0 Å². The summed E-state index contributed by atoms with van der Waals surface area (Å²) >= 11 is 0. The number of rotatable bonds is 16. The average molecular weight is 331 g/mol. The highest BCUT2D eigenvalue weighted by Gasteiger charge is 2.01. The molecule has 0 aliphatic carbocycles. The maximum atomic E-state index is 11.2. The van der Waals surface area contributed by atoms with Crippen molar-refractivity contribution in [2.45, 2.75) is 104 Å². The molecule has 0 unspecified atom stereocenters. The van der Waals surface area contributed by atoms with E-state index in [4.69, 9.17) is 4.74 Å². The quantitative estimate of drug-likeness (QED) is 0.178. The van der Waals surface area contributed by atoms with Crippen LogP contribution in [0.25, 0.3) is 0 Å². The molecule has 0 saturated carbocycles. The summed E-state index contributed by atoms with van der Waals surface area (Å²) in [5, 5.41) is 0. The van der Waals surface area contributed by atoms with E-state index in [0.717, 1.165) is 6.42 Å². The molecule has 3 heteroatoms. The summed E-state index contributed by atoms with van der Waals surface area (Å²) in [6, 6.07) is 0. The van der Waals surface area contributed by atoms with Gasteiger partial charge in [-0.2, -0.15) is 0 Å². The molecular formula is C20H39FO2. The number of hydrogen-bond donors (Lipinski definition) is 0. The van der Waals surface area contributed by atoms with E-state index < -0.39 is 0 Å². The number of esters is 1. The largest absolute Gasteiger partial charge is 0.462 e. The molecule has 0 radical (unpaired) electrons. The van der Waals surface area contributed by atoms with Gasteiger partial charge < -0.3 is 4.74 Å². The van der Waals surface area contributed by atoms with Crippen LogP contribution in [0.3, 0.4) is 0 Å². The summed E-state index contributed by atoms with van der Waals surface area (Å²) in [6.45, 7) is 8.07. The van der Waals surface area contributed by atoms with E-state index in [-0.39, 0.29) is 10.7 Å². The molecule has 0 bridgehead atoms. The van der Waals surface area contributed by atoms with Gasteiger partial charge in [0.25, 0.3) is 0 Å². The molecule has 0 aromatic carbocycles. The first kappa shape index (κ1) is 24.4. The highest BCUT2D eigenvalue weighted by Crippen LogP contribution is 2.12. The van der Waals surface area contributed by atoms with Crippen molar-refractivity contribution in [2.24, 2.45) is 0 Å². The van der Waals surface area contributed by atoms with Gasteiger partial charge in [0.2, 0.25) is 0 Å². The van der Waals surface area contributed by atoms with Crippen LogP contribution in [0.1, 0.15) is 104 Å². The molecule has 0 aromatic rings. The second-order valence-corrected chi connectivity index (χ2v) is 6.51. The van der Waals surface area contributed by atoms with Crippen LogP contribution in [0, 0.1) is 0 Å². The fraction of sp³-hybridized carbons (Fsp3) is 0.850. The van der Waals surface area contributed by atoms with E-state index in [1.54, 1.807) is 6.92 Å². The minimum Gasteiger partial charge on any atom is -0.462 e. The second kappa shape index (κ2) is 19.2. The molecule has 138 valence electrons. The van der Waals surface area contributed by atoms with Gasteiger partial charge in [0, 0.05) is 5.57 Å². The molecule has 0 aliphatic heterocycles. The minimum atomic E-state index is -0.255. The first-order valence-electron chi connectivity index (χ1n) is 9.51. The fourth-order valence-electron chi connectivity index (χ4n) is 2.58. The summed E-state index contributed by atoms with van der Waals surface area (Å²) in [4.78, 5) is 11.2. The van der Waals surface area contributed by atoms with Crippen molar-refractivity contribution in [1.29, 1.82) is 0 Å². The van der Waals surface area contributed by atoms with Crippen molar-refractivity contribution in [3.05, 3.63) is 12.2 Å². The molecule has 0 aliphatic rings. The molecule has 0 heterocycles. The predicted molar refractivity (Wildman–Crippen MR) is 98.6 cm³/mol. The zero-order chi connectivity index (χ0) is 16.5. The molecule has 0 rings (SSSR count). The van der Waals surface area contributed by atoms with Crippen LogP contribution >= 0.6 is 0 Å². The van der Waals surface area contributed by atoms with E-state index in [9.17, 15) is 4.79 Å². The molecule has 0 aromatic heterocycles. The van der Waals surface area contributed by atoms with E-state index in [1.165, 1.54) is 83.5 Å². The van der Waals surface area contributed by atoms with Crippen LogP contribution < -0.4 is 0 Å². The maximum absolute atomic E-state index is 11.2. The summed E-state index contributed by atoms with van der Waals surface area (Å²) in [7, 11) is 0. The Labute approximate surface area is 143 Å². The lowest BCUT2D eigenvalue weighted by atomic mass is 10.0. The fourth-order valence-corrected chi connectivity index (χ4v) is 2.58. The van der Waals surface area contributed by atoms with Crippen molar-refractivity contribution >= 4 is 5.97 Å². The van der Waals surface area contributed by atoms with Crippen molar-refractivity contribution < 1.29 is 14.2 Å². The van der Waals surface area contributed by atoms with Crippen LogP contribution in [-0.4, -0.2) is 12.6 Å². The molecular weight excluding hydrogens is 291 g/mol. The SMILES string of the molecule is C=C(C)C(=O)OCCCCCCCCCCCCCCCC.F. The number of carbonyl (C=O) groups excluding carboxylic acids is 1. The van der Waals surface area contributed by atoms with Gasteiger partial charge in [-0.05, 0) is 13.3 Å². The number of halogens is 1. The Morgan fingerprint density at radius 3 is 1.43 bits per heavy atom. The van der Waals surface area contributed by atoms with E-state index in [0.29, 0.717) is 12.2 Å². The summed E-state index contributed by atoms with van der Waals surface area (Å²) in [6.07, 6.45) is 18.8. The van der Waals surface area contributed by atoms with Gasteiger partial charge in [-0.25, -0.2) is 4.79 Å². The highest BCUT2D eigenvalue weighted by molar-refractivity contribution is 5.86. The van der Waals surface area contributed by atoms with Crippen molar-refractivity contribution in [3.63, 3.8) is 0 Å². The van der Waals surface area contributed by atoms with E-state index in [1.807, 2.05) is 0 Å². The molecule has 0 amide bonds. The number of ether oxygens (including phenoxy) is 1. The smallest absolute Gasteiger partial charge is 0.333 e. The topological polar surface area (TPSA) is 26.3 Å². The highest BCUT2D eigenvalue weighted by atomic mass is 19.0. The average Bonchev–Trinajstić information content (AvgIpc) is 2.50. The van der Waals surface area contributed by atoms with Crippen LogP contribution in [0.15, 0.2) is 12.2 Å². The van der Waals surface area contributed by atoms with Gasteiger partial charge in [-0.1, -0.05) is 97.0 Å². The minimum absolute atomic E-state index is 0. The summed E-state index contributed by atoms with van der Waals surface area (Å²) < 4.78 is 5.07. The first-order chi connectivity index (χ1) is 10.7. The summed E-state index contributed by atoms with van der Waals surface area (Å²) in [5.74, 6) is -0.255.